The first kappa shape index (κ1) is 14.3. The second kappa shape index (κ2) is 8.37. The van der Waals surface area contributed by atoms with Crippen molar-refractivity contribution in [1.29, 1.82) is 0 Å². The molecular formula is C13H27NOS. The van der Waals surface area contributed by atoms with Gasteiger partial charge in [0.1, 0.15) is 0 Å². The number of hydrogen-bond donors (Lipinski definition) is 1. The van der Waals surface area contributed by atoms with E-state index in [9.17, 15) is 0 Å². The molecule has 1 N–H and O–H groups in total. The van der Waals surface area contributed by atoms with Crippen molar-refractivity contribution in [2.45, 2.75) is 39.7 Å². The van der Waals surface area contributed by atoms with Gasteiger partial charge >= 0.3 is 0 Å². The smallest absolute Gasteiger partial charge is 0.0509 e. The highest BCUT2D eigenvalue weighted by Crippen LogP contribution is 2.16. The molecule has 0 radical (unpaired) electrons. The van der Waals surface area contributed by atoms with E-state index in [1.165, 1.54) is 24.3 Å². The van der Waals surface area contributed by atoms with E-state index in [1.807, 2.05) is 0 Å². The van der Waals surface area contributed by atoms with Crippen molar-refractivity contribution >= 4 is 11.8 Å². The highest BCUT2D eigenvalue weighted by Gasteiger charge is 2.21. The van der Waals surface area contributed by atoms with Crippen molar-refractivity contribution in [2.24, 2.45) is 11.8 Å². The predicted molar refractivity (Wildman–Crippen MR) is 73.2 cm³/mol. The molecule has 2 atom stereocenters. The van der Waals surface area contributed by atoms with Crippen molar-refractivity contribution in [1.82, 2.24) is 5.32 Å². The van der Waals surface area contributed by atoms with Gasteiger partial charge in [0.25, 0.3) is 0 Å². The molecule has 2 unspecified atom stereocenters. The van der Waals surface area contributed by atoms with Gasteiger partial charge in [-0.15, -0.1) is 0 Å². The van der Waals surface area contributed by atoms with Gasteiger partial charge in [-0.05, 0) is 49.7 Å². The Balaban J connectivity index is 1.90. The van der Waals surface area contributed by atoms with E-state index in [2.05, 4.69) is 37.8 Å². The SMILES string of the molecule is CC(C)CSCCCNC(C)C1CCOC1. The molecule has 0 bridgehead atoms. The van der Waals surface area contributed by atoms with Gasteiger partial charge in [-0.25, -0.2) is 0 Å². The van der Waals surface area contributed by atoms with Crippen molar-refractivity contribution in [2.75, 3.05) is 31.3 Å². The van der Waals surface area contributed by atoms with E-state index in [1.54, 1.807) is 0 Å². The molecule has 1 rings (SSSR count). The van der Waals surface area contributed by atoms with Crippen LogP contribution in [0.1, 0.15) is 33.6 Å². The molecule has 1 fully saturated rings. The Morgan fingerprint density at radius 3 is 2.81 bits per heavy atom. The Hall–Kier alpha value is 0.270. The zero-order chi connectivity index (χ0) is 11.8. The molecule has 0 aromatic heterocycles. The molecule has 96 valence electrons. The number of nitrogens with one attached hydrogen (secondary N) is 1. The maximum Gasteiger partial charge on any atom is 0.0509 e. The summed E-state index contributed by atoms with van der Waals surface area (Å²) in [7, 11) is 0. The van der Waals surface area contributed by atoms with E-state index >= 15 is 0 Å². The van der Waals surface area contributed by atoms with Crippen LogP contribution in [-0.4, -0.2) is 37.3 Å². The molecule has 0 amide bonds. The van der Waals surface area contributed by atoms with Gasteiger partial charge in [-0.3, -0.25) is 0 Å². The summed E-state index contributed by atoms with van der Waals surface area (Å²) < 4.78 is 5.41. The Kier molecular flexibility index (Phi) is 7.50. The van der Waals surface area contributed by atoms with E-state index in [0.29, 0.717) is 6.04 Å². The van der Waals surface area contributed by atoms with Crippen LogP contribution in [0.25, 0.3) is 0 Å². The van der Waals surface area contributed by atoms with Crippen molar-refractivity contribution in [3.05, 3.63) is 0 Å². The molecule has 1 aliphatic heterocycles. The van der Waals surface area contributed by atoms with E-state index in [4.69, 9.17) is 4.74 Å². The summed E-state index contributed by atoms with van der Waals surface area (Å²) in [6, 6.07) is 0.623. The average molecular weight is 245 g/mol. The van der Waals surface area contributed by atoms with Crippen molar-refractivity contribution < 1.29 is 4.74 Å². The second-order valence-corrected chi connectivity index (χ2v) is 6.34. The Morgan fingerprint density at radius 1 is 1.38 bits per heavy atom. The Morgan fingerprint density at radius 2 is 2.19 bits per heavy atom. The minimum atomic E-state index is 0.623. The lowest BCUT2D eigenvalue weighted by Gasteiger charge is -2.19. The van der Waals surface area contributed by atoms with Crippen LogP contribution >= 0.6 is 11.8 Å². The van der Waals surface area contributed by atoms with Gasteiger partial charge in [0.05, 0.1) is 6.61 Å². The highest BCUT2D eigenvalue weighted by molar-refractivity contribution is 7.99. The molecule has 0 aliphatic carbocycles. The van der Waals surface area contributed by atoms with Crippen LogP contribution in [0.4, 0.5) is 0 Å². The van der Waals surface area contributed by atoms with Gasteiger partial charge in [-0.2, -0.15) is 11.8 Å². The first-order valence-corrected chi connectivity index (χ1v) is 7.74. The van der Waals surface area contributed by atoms with E-state index in [-0.39, 0.29) is 0 Å². The Bertz CT molecular complexity index is 169. The van der Waals surface area contributed by atoms with Gasteiger partial charge < -0.3 is 10.1 Å². The number of rotatable bonds is 8. The van der Waals surface area contributed by atoms with Crippen molar-refractivity contribution in [3.8, 4) is 0 Å². The fourth-order valence-electron chi connectivity index (χ4n) is 1.94. The summed E-state index contributed by atoms with van der Waals surface area (Å²) in [4.78, 5) is 0. The number of hydrogen-bond acceptors (Lipinski definition) is 3. The topological polar surface area (TPSA) is 21.3 Å². The molecule has 16 heavy (non-hydrogen) atoms. The van der Waals surface area contributed by atoms with Gasteiger partial charge in [0.15, 0.2) is 0 Å². The van der Waals surface area contributed by atoms with Gasteiger partial charge in [0.2, 0.25) is 0 Å². The lowest BCUT2D eigenvalue weighted by molar-refractivity contribution is 0.178. The fraction of sp³-hybridized carbons (Fsp3) is 1.00. The number of ether oxygens (including phenoxy) is 1. The van der Waals surface area contributed by atoms with Crippen LogP contribution < -0.4 is 5.32 Å². The van der Waals surface area contributed by atoms with Gasteiger partial charge in [0, 0.05) is 12.6 Å². The van der Waals surface area contributed by atoms with Crippen LogP contribution in [0, 0.1) is 11.8 Å². The molecule has 0 spiro atoms. The third-order valence-electron chi connectivity index (χ3n) is 3.05. The molecule has 0 aromatic rings. The zero-order valence-corrected chi connectivity index (χ0v) is 11.8. The molecule has 1 saturated heterocycles. The van der Waals surface area contributed by atoms with Crippen LogP contribution in [0.15, 0.2) is 0 Å². The van der Waals surface area contributed by atoms with Crippen LogP contribution in [0.3, 0.4) is 0 Å². The summed E-state index contributed by atoms with van der Waals surface area (Å²) >= 11 is 2.08. The second-order valence-electron chi connectivity index (χ2n) is 5.19. The first-order valence-electron chi connectivity index (χ1n) is 6.59. The van der Waals surface area contributed by atoms with Crippen molar-refractivity contribution in [3.63, 3.8) is 0 Å². The standard InChI is InChI=1S/C13H27NOS/c1-11(2)10-16-8-4-6-14-12(3)13-5-7-15-9-13/h11-14H,4-10H2,1-3H3. The predicted octanol–water partition coefficient (Wildman–Crippen LogP) is 2.78. The summed E-state index contributed by atoms with van der Waals surface area (Å²) in [5, 5.41) is 3.62. The van der Waals surface area contributed by atoms with Crippen LogP contribution in [0.2, 0.25) is 0 Å². The molecule has 0 aromatic carbocycles. The average Bonchev–Trinajstić information content (AvgIpc) is 2.75. The Labute approximate surface area is 105 Å². The molecule has 1 aliphatic rings. The maximum absolute atomic E-state index is 5.41. The normalized spacial score (nSPS) is 22.9. The summed E-state index contributed by atoms with van der Waals surface area (Å²) in [6.45, 7) is 9.93. The van der Waals surface area contributed by atoms with E-state index in [0.717, 1.165) is 31.6 Å². The minimum absolute atomic E-state index is 0.623. The quantitative estimate of drug-likeness (QED) is 0.664. The third kappa shape index (κ3) is 6.12. The molecule has 0 saturated carbocycles. The van der Waals surface area contributed by atoms with Crippen LogP contribution in [0.5, 0.6) is 0 Å². The lowest BCUT2D eigenvalue weighted by Crippen LogP contribution is -2.34. The van der Waals surface area contributed by atoms with Crippen LogP contribution in [-0.2, 0) is 4.74 Å². The fourth-order valence-corrected chi connectivity index (χ4v) is 2.92. The monoisotopic (exact) mass is 245 g/mol. The zero-order valence-electron chi connectivity index (χ0n) is 11.0. The molecule has 2 nitrogen and oxygen atoms in total. The summed E-state index contributed by atoms with van der Waals surface area (Å²) in [6.07, 6.45) is 2.52. The lowest BCUT2D eigenvalue weighted by atomic mass is 10.0. The third-order valence-corrected chi connectivity index (χ3v) is 4.53. The largest absolute Gasteiger partial charge is 0.381 e. The summed E-state index contributed by atoms with van der Waals surface area (Å²) in [5.41, 5.74) is 0. The van der Waals surface area contributed by atoms with Gasteiger partial charge in [-0.1, -0.05) is 13.8 Å². The molecule has 3 heteroatoms. The summed E-state index contributed by atoms with van der Waals surface area (Å²) in [5.74, 6) is 4.15. The highest BCUT2D eigenvalue weighted by atomic mass is 32.2. The molecular weight excluding hydrogens is 218 g/mol. The minimum Gasteiger partial charge on any atom is -0.381 e. The maximum atomic E-state index is 5.41. The van der Waals surface area contributed by atoms with E-state index < -0.39 is 0 Å². The first-order chi connectivity index (χ1) is 7.70. The number of thioether (sulfide) groups is 1. The molecule has 1 heterocycles.